The minimum atomic E-state index is -0.557. The van der Waals surface area contributed by atoms with Gasteiger partial charge in [0.15, 0.2) is 0 Å². The molecule has 0 radical (unpaired) electrons. The predicted molar refractivity (Wildman–Crippen MR) is 120 cm³/mol. The van der Waals surface area contributed by atoms with E-state index >= 15 is 0 Å². The van der Waals surface area contributed by atoms with E-state index in [0.717, 1.165) is 36.1 Å². The maximum Gasteiger partial charge on any atom is 0.332 e. The number of benzene rings is 1. The molecule has 2 heterocycles. The van der Waals surface area contributed by atoms with Crippen molar-refractivity contribution in [3.63, 3.8) is 0 Å². The Bertz CT molecular complexity index is 1080. The number of aromatic nitrogens is 2. The molecule has 0 unspecified atom stereocenters. The molecule has 3 rings (SSSR count). The molecule has 31 heavy (non-hydrogen) atoms. The van der Waals surface area contributed by atoms with Gasteiger partial charge in [-0.15, -0.1) is 0 Å². The average Bonchev–Trinajstić information content (AvgIpc) is 2.73. The third kappa shape index (κ3) is 5.05. The summed E-state index contributed by atoms with van der Waals surface area (Å²) in [4.78, 5) is 33.3. The Morgan fingerprint density at radius 1 is 1.19 bits per heavy atom. The lowest BCUT2D eigenvalue weighted by Gasteiger charge is -2.28. The molecule has 0 bridgehead atoms. The molecule has 1 saturated heterocycles. The van der Waals surface area contributed by atoms with Crippen molar-refractivity contribution in [2.45, 2.75) is 19.8 Å². The van der Waals surface area contributed by atoms with Crippen LogP contribution in [-0.4, -0.2) is 40.8 Å². The van der Waals surface area contributed by atoms with Crippen LogP contribution in [0.1, 0.15) is 24.0 Å². The summed E-state index contributed by atoms with van der Waals surface area (Å²) in [5.41, 5.74) is 2.86. The van der Waals surface area contributed by atoms with E-state index in [1.807, 2.05) is 0 Å². The van der Waals surface area contributed by atoms with Crippen LogP contribution >= 0.6 is 0 Å². The molecule has 8 nitrogen and oxygen atoms in total. The first kappa shape index (κ1) is 22.8. The monoisotopic (exact) mass is 431 g/mol. The molecule has 2 N–H and O–H groups in total. The highest BCUT2D eigenvalue weighted by Gasteiger charge is 2.21. The molecular weight excluding hydrogens is 401 g/mol. The number of hydrogen-bond acceptors (Lipinski definition) is 6. The number of aryl methyl sites for hydroxylation is 1. The molecule has 0 atom stereocenters. The van der Waals surface area contributed by atoms with Crippen LogP contribution in [-0.2, 0) is 18.9 Å². The second-order valence-corrected chi connectivity index (χ2v) is 8.18. The van der Waals surface area contributed by atoms with Gasteiger partial charge in [0.05, 0.1) is 18.0 Å². The Morgan fingerprint density at radius 3 is 2.52 bits per heavy atom. The van der Waals surface area contributed by atoms with E-state index in [4.69, 9.17) is 4.84 Å². The smallest absolute Gasteiger partial charge is 0.332 e. The lowest BCUT2D eigenvalue weighted by Crippen LogP contribution is -2.41. The standard InChI is InChI=1S/C22H30FN5O3/c1-14-6-7-18(17(23)12-14)24-20-19(21(29)28(5)22(30)27(20)4)15(2)25-31-13-16-8-10-26(3)11-9-16/h6-7,12,16,24-25H,2,8-11,13H2,1,3-5H3. The maximum absolute atomic E-state index is 14.4. The third-order valence-corrected chi connectivity index (χ3v) is 5.70. The van der Waals surface area contributed by atoms with Gasteiger partial charge < -0.3 is 10.2 Å². The van der Waals surface area contributed by atoms with Crippen molar-refractivity contribution in [1.29, 1.82) is 0 Å². The summed E-state index contributed by atoms with van der Waals surface area (Å²) in [5.74, 6) is 0.0612. The minimum Gasteiger partial charge on any atom is -0.338 e. The highest BCUT2D eigenvalue weighted by atomic mass is 19.1. The zero-order chi connectivity index (χ0) is 22.7. The van der Waals surface area contributed by atoms with Crippen molar-refractivity contribution in [2.24, 2.45) is 20.0 Å². The molecule has 1 aromatic heterocycles. The zero-order valence-electron chi connectivity index (χ0n) is 18.5. The molecule has 168 valence electrons. The number of nitrogens with zero attached hydrogens (tertiary/aromatic N) is 3. The van der Waals surface area contributed by atoms with Crippen LogP contribution in [0.3, 0.4) is 0 Å². The van der Waals surface area contributed by atoms with Crippen LogP contribution in [0.5, 0.6) is 0 Å². The van der Waals surface area contributed by atoms with Gasteiger partial charge in [0, 0.05) is 14.1 Å². The molecule has 0 spiro atoms. The van der Waals surface area contributed by atoms with Crippen molar-refractivity contribution < 1.29 is 9.23 Å². The normalized spacial score (nSPS) is 15.1. The lowest BCUT2D eigenvalue weighted by atomic mass is 9.98. The quantitative estimate of drug-likeness (QED) is 0.654. The van der Waals surface area contributed by atoms with E-state index < -0.39 is 17.1 Å². The van der Waals surface area contributed by atoms with Crippen molar-refractivity contribution in [2.75, 3.05) is 32.1 Å². The average molecular weight is 432 g/mol. The van der Waals surface area contributed by atoms with Gasteiger partial charge in [-0.25, -0.2) is 9.18 Å². The topological polar surface area (TPSA) is 80.5 Å². The summed E-state index contributed by atoms with van der Waals surface area (Å²) in [6, 6.07) is 4.67. The minimum absolute atomic E-state index is 0.105. The summed E-state index contributed by atoms with van der Waals surface area (Å²) in [6.45, 7) is 8.22. The molecule has 0 aliphatic carbocycles. The first-order valence-corrected chi connectivity index (χ1v) is 10.3. The van der Waals surface area contributed by atoms with Crippen LogP contribution < -0.4 is 22.0 Å². The van der Waals surface area contributed by atoms with Crippen molar-refractivity contribution in [1.82, 2.24) is 19.5 Å². The Morgan fingerprint density at radius 2 is 1.87 bits per heavy atom. The number of rotatable bonds is 7. The fraction of sp³-hybridized carbons (Fsp3) is 0.455. The van der Waals surface area contributed by atoms with Gasteiger partial charge >= 0.3 is 5.69 Å². The zero-order valence-corrected chi connectivity index (χ0v) is 18.5. The highest BCUT2D eigenvalue weighted by Crippen LogP contribution is 2.24. The summed E-state index contributed by atoms with van der Waals surface area (Å²) < 4.78 is 16.6. The van der Waals surface area contributed by atoms with Crippen LogP contribution in [0, 0.1) is 18.7 Å². The van der Waals surface area contributed by atoms with E-state index in [1.165, 1.54) is 24.7 Å². The predicted octanol–water partition coefficient (Wildman–Crippen LogP) is 2.11. The Hall–Kier alpha value is -2.91. The molecule has 2 aromatic rings. The number of halogens is 1. The Kier molecular flexibility index (Phi) is 6.97. The van der Waals surface area contributed by atoms with Crippen molar-refractivity contribution in [3.8, 4) is 0 Å². The van der Waals surface area contributed by atoms with E-state index in [0.29, 0.717) is 12.5 Å². The van der Waals surface area contributed by atoms with Crippen LogP contribution in [0.4, 0.5) is 15.9 Å². The molecule has 1 fully saturated rings. The molecular formula is C22H30FN5O3. The fourth-order valence-corrected chi connectivity index (χ4v) is 3.64. The van der Waals surface area contributed by atoms with Crippen LogP contribution in [0.25, 0.3) is 5.70 Å². The summed E-state index contributed by atoms with van der Waals surface area (Å²) in [7, 11) is 4.99. The SMILES string of the molecule is C=C(NOCC1CCN(C)CC1)c1c(Nc2ccc(C)cc2F)n(C)c(=O)n(C)c1=O. The van der Waals surface area contributed by atoms with Gasteiger partial charge in [0.2, 0.25) is 0 Å². The lowest BCUT2D eigenvalue weighted by molar-refractivity contribution is 0.0317. The Labute approximate surface area is 180 Å². The summed E-state index contributed by atoms with van der Waals surface area (Å²) in [6.07, 6.45) is 2.07. The third-order valence-electron chi connectivity index (χ3n) is 5.70. The number of likely N-dealkylation sites (tertiary alicyclic amines) is 1. The molecule has 1 aliphatic rings. The van der Waals surface area contributed by atoms with Crippen LogP contribution in [0.15, 0.2) is 34.4 Å². The molecule has 0 amide bonds. The van der Waals surface area contributed by atoms with E-state index in [1.54, 1.807) is 19.1 Å². The Balaban J connectivity index is 1.85. The number of nitrogens with one attached hydrogen (secondary N) is 2. The first-order valence-electron chi connectivity index (χ1n) is 10.3. The van der Waals surface area contributed by atoms with Gasteiger partial charge in [0.25, 0.3) is 5.56 Å². The van der Waals surface area contributed by atoms with E-state index in [-0.39, 0.29) is 22.8 Å². The van der Waals surface area contributed by atoms with Crippen molar-refractivity contribution >= 4 is 17.2 Å². The number of anilines is 2. The number of hydroxylamine groups is 1. The molecule has 1 aliphatic heterocycles. The van der Waals surface area contributed by atoms with Gasteiger partial charge in [-0.2, -0.15) is 0 Å². The van der Waals surface area contributed by atoms with Gasteiger partial charge in [-0.1, -0.05) is 12.6 Å². The number of hydrogen-bond donors (Lipinski definition) is 2. The second-order valence-electron chi connectivity index (χ2n) is 8.18. The maximum atomic E-state index is 14.4. The van der Waals surface area contributed by atoms with E-state index in [9.17, 15) is 14.0 Å². The molecule has 1 aromatic carbocycles. The van der Waals surface area contributed by atoms with Gasteiger partial charge in [-0.05, 0) is 63.5 Å². The largest absolute Gasteiger partial charge is 0.338 e. The van der Waals surface area contributed by atoms with Gasteiger partial charge in [-0.3, -0.25) is 24.2 Å². The first-order chi connectivity index (χ1) is 14.7. The summed E-state index contributed by atoms with van der Waals surface area (Å²) >= 11 is 0. The molecule has 0 saturated carbocycles. The molecule has 9 heteroatoms. The number of piperidine rings is 1. The van der Waals surface area contributed by atoms with E-state index in [2.05, 4.69) is 29.3 Å². The van der Waals surface area contributed by atoms with Crippen molar-refractivity contribution in [3.05, 3.63) is 62.6 Å². The second kappa shape index (κ2) is 9.49. The fourth-order valence-electron chi connectivity index (χ4n) is 3.64. The van der Waals surface area contributed by atoms with Crippen LogP contribution in [0.2, 0.25) is 0 Å². The highest BCUT2D eigenvalue weighted by molar-refractivity contribution is 5.74. The summed E-state index contributed by atoms with van der Waals surface area (Å²) in [5, 5.41) is 2.88. The van der Waals surface area contributed by atoms with Gasteiger partial charge in [0.1, 0.15) is 17.2 Å².